The van der Waals surface area contributed by atoms with E-state index in [1.54, 1.807) is 0 Å². The second kappa shape index (κ2) is 8.76. The molecular weight excluding hydrogens is 328 g/mol. The fourth-order valence-electron chi connectivity index (χ4n) is 3.17. The van der Waals surface area contributed by atoms with Gasteiger partial charge in [-0.25, -0.2) is 9.97 Å². The number of carbonyl (C=O) groups is 1. The monoisotopic (exact) mass is 354 g/mol. The molecule has 26 heavy (non-hydrogen) atoms. The minimum absolute atomic E-state index is 0.0305. The van der Waals surface area contributed by atoms with Crippen LogP contribution < -0.4 is 10.2 Å². The molecule has 1 atom stereocenters. The van der Waals surface area contributed by atoms with E-state index in [0.29, 0.717) is 25.7 Å². The lowest BCUT2D eigenvalue weighted by Crippen LogP contribution is -2.37. The Balaban J connectivity index is 1.66. The molecule has 2 aromatic rings. The molecule has 1 N–H and O–H groups in total. The number of hydrogen-bond acceptors (Lipinski definition) is 5. The Bertz CT molecular complexity index is 730. The zero-order chi connectivity index (χ0) is 18.4. The van der Waals surface area contributed by atoms with E-state index in [1.807, 2.05) is 50.2 Å². The van der Waals surface area contributed by atoms with E-state index in [-0.39, 0.29) is 11.8 Å². The molecule has 0 saturated carbocycles. The number of nitrogens with zero attached hydrogens (tertiary/aromatic N) is 3. The highest BCUT2D eigenvalue weighted by atomic mass is 16.5. The van der Waals surface area contributed by atoms with E-state index < -0.39 is 0 Å². The average Bonchev–Trinajstić information content (AvgIpc) is 2.68. The van der Waals surface area contributed by atoms with E-state index in [1.165, 1.54) is 0 Å². The Morgan fingerprint density at radius 1 is 1.23 bits per heavy atom. The summed E-state index contributed by atoms with van der Waals surface area (Å²) in [7, 11) is 0. The molecule has 3 rings (SSSR count). The van der Waals surface area contributed by atoms with Gasteiger partial charge >= 0.3 is 0 Å². The Kier molecular flexibility index (Phi) is 6.17. The molecule has 1 aromatic heterocycles. The standard InChI is InChI=1S/C20H26N4O2/c1-3-18(16-7-5-4-6-8-16)19(25)21-14-17-13-15(2)22-20(23-17)24-9-11-26-12-10-24/h4-8,13,18H,3,9-12,14H2,1-2H3,(H,21,25). The van der Waals surface area contributed by atoms with E-state index in [9.17, 15) is 4.79 Å². The van der Waals surface area contributed by atoms with Crippen LogP contribution in [0.2, 0.25) is 0 Å². The lowest BCUT2D eigenvalue weighted by Gasteiger charge is -2.27. The van der Waals surface area contributed by atoms with Gasteiger partial charge in [0.05, 0.1) is 31.4 Å². The van der Waals surface area contributed by atoms with Gasteiger partial charge in [-0.3, -0.25) is 4.79 Å². The number of aromatic nitrogens is 2. The van der Waals surface area contributed by atoms with Crippen molar-refractivity contribution in [1.29, 1.82) is 0 Å². The van der Waals surface area contributed by atoms with Crippen molar-refractivity contribution in [3.63, 3.8) is 0 Å². The highest BCUT2D eigenvalue weighted by Gasteiger charge is 2.19. The molecule has 0 radical (unpaired) electrons. The number of ether oxygens (including phenoxy) is 1. The van der Waals surface area contributed by atoms with E-state index >= 15 is 0 Å². The van der Waals surface area contributed by atoms with Crippen LogP contribution in [0.25, 0.3) is 0 Å². The summed E-state index contributed by atoms with van der Waals surface area (Å²) in [6.07, 6.45) is 0.762. The number of hydrogen-bond donors (Lipinski definition) is 1. The summed E-state index contributed by atoms with van der Waals surface area (Å²) in [5.74, 6) is 0.605. The first kappa shape index (κ1) is 18.3. The molecule has 0 aliphatic carbocycles. The smallest absolute Gasteiger partial charge is 0.227 e. The third-order valence-electron chi connectivity index (χ3n) is 4.56. The third kappa shape index (κ3) is 4.58. The predicted molar refractivity (Wildman–Crippen MR) is 101 cm³/mol. The summed E-state index contributed by atoms with van der Waals surface area (Å²) in [5.41, 5.74) is 2.77. The van der Waals surface area contributed by atoms with Gasteiger partial charge in [-0.1, -0.05) is 37.3 Å². The topological polar surface area (TPSA) is 67.4 Å². The Hall–Kier alpha value is -2.47. The summed E-state index contributed by atoms with van der Waals surface area (Å²) >= 11 is 0. The van der Waals surface area contributed by atoms with Gasteiger partial charge in [0.25, 0.3) is 0 Å². The molecule has 1 fully saturated rings. The van der Waals surface area contributed by atoms with Crippen molar-refractivity contribution < 1.29 is 9.53 Å². The maximum atomic E-state index is 12.6. The lowest BCUT2D eigenvalue weighted by molar-refractivity contribution is -0.122. The predicted octanol–water partition coefficient (Wildman–Crippen LogP) is 2.43. The molecule has 1 aliphatic heterocycles. The van der Waals surface area contributed by atoms with E-state index in [4.69, 9.17) is 4.74 Å². The Morgan fingerprint density at radius 3 is 2.65 bits per heavy atom. The van der Waals surface area contributed by atoms with Gasteiger partial charge in [0, 0.05) is 18.8 Å². The summed E-state index contributed by atoms with van der Waals surface area (Å²) in [4.78, 5) is 23.9. The van der Waals surface area contributed by atoms with Crippen molar-refractivity contribution >= 4 is 11.9 Å². The van der Waals surface area contributed by atoms with Gasteiger partial charge in [0.2, 0.25) is 11.9 Å². The van der Waals surface area contributed by atoms with Crippen molar-refractivity contribution in [2.45, 2.75) is 32.7 Å². The van der Waals surface area contributed by atoms with Gasteiger partial charge in [-0.05, 0) is 25.0 Å². The first-order valence-corrected chi connectivity index (χ1v) is 9.17. The van der Waals surface area contributed by atoms with Crippen molar-refractivity contribution in [1.82, 2.24) is 15.3 Å². The van der Waals surface area contributed by atoms with Crippen LogP contribution in [0.3, 0.4) is 0 Å². The molecule has 2 heterocycles. The first-order valence-electron chi connectivity index (χ1n) is 9.17. The van der Waals surface area contributed by atoms with Crippen LogP contribution in [0, 0.1) is 6.92 Å². The number of morpholine rings is 1. The second-order valence-electron chi connectivity index (χ2n) is 6.49. The molecule has 1 aliphatic rings. The summed E-state index contributed by atoms with van der Waals surface area (Å²) < 4.78 is 5.39. The fraction of sp³-hybridized carbons (Fsp3) is 0.450. The number of aryl methyl sites for hydroxylation is 1. The van der Waals surface area contributed by atoms with Crippen LogP contribution in [0.15, 0.2) is 36.4 Å². The summed E-state index contributed by atoms with van der Waals surface area (Å²) in [6.45, 7) is 7.36. The van der Waals surface area contributed by atoms with Crippen LogP contribution in [-0.4, -0.2) is 42.2 Å². The average molecular weight is 354 g/mol. The minimum Gasteiger partial charge on any atom is -0.378 e. The molecular formula is C20H26N4O2. The molecule has 0 spiro atoms. The van der Waals surface area contributed by atoms with Crippen molar-refractivity contribution in [2.24, 2.45) is 0 Å². The highest BCUT2D eigenvalue weighted by Crippen LogP contribution is 2.19. The first-order chi connectivity index (χ1) is 12.7. The van der Waals surface area contributed by atoms with Crippen LogP contribution in [-0.2, 0) is 16.1 Å². The summed E-state index contributed by atoms with van der Waals surface area (Å²) in [6, 6.07) is 11.8. The maximum Gasteiger partial charge on any atom is 0.227 e. The highest BCUT2D eigenvalue weighted by molar-refractivity contribution is 5.83. The zero-order valence-electron chi connectivity index (χ0n) is 15.4. The van der Waals surface area contributed by atoms with Crippen molar-refractivity contribution in [2.75, 3.05) is 31.2 Å². The van der Waals surface area contributed by atoms with Gasteiger partial charge in [-0.2, -0.15) is 0 Å². The van der Waals surface area contributed by atoms with E-state index in [2.05, 4.69) is 20.2 Å². The number of rotatable bonds is 6. The Morgan fingerprint density at radius 2 is 1.96 bits per heavy atom. The largest absolute Gasteiger partial charge is 0.378 e. The van der Waals surface area contributed by atoms with Crippen molar-refractivity contribution in [3.05, 3.63) is 53.3 Å². The molecule has 1 aromatic carbocycles. The number of amides is 1. The molecule has 1 amide bonds. The lowest BCUT2D eigenvalue weighted by atomic mass is 9.96. The molecule has 1 saturated heterocycles. The van der Waals surface area contributed by atoms with Crippen LogP contribution >= 0.6 is 0 Å². The fourth-order valence-corrected chi connectivity index (χ4v) is 3.17. The SMILES string of the molecule is CCC(C(=O)NCc1cc(C)nc(N2CCOCC2)n1)c1ccccc1. The number of anilines is 1. The normalized spacial score (nSPS) is 15.5. The van der Waals surface area contributed by atoms with Gasteiger partial charge in [0.1, 0.15) is 0 Å². The Labute approximate surface area is 154 Å². The molecule has 1 unspecified atom stereocenters. The van der Waals surface area contributed by atoms with Crippen molar-refractivity contribution in [3.8, 4) is 0 Å². The number of benzene rings is 1. The van der Waals surface area contributed by atoms with Crippen LogP contribution in [0.1, 0.15) is 36.2 Å². The quantitative estimate of drug-likeness (QED) is 0.863. The molecule has 138 valence electrons. The van der Waals surface area contributed by atoms with Crippen LogP contribution in [0.5, 0.6) is 0 Å². The minimum atomic E-state index is -0.141. The molecule has 6 nitrogen and oxygen atoms in total. The second-order valence-corrected chi connectivity index (χ2v) is 6.49. The van der Waals surface area contributed by atoms with Gasteiger partial charge in [-0.15, -0.1) is 0 Å². The third-order valence-corrected chi connectivity index (χ3v) is 4.56. The maximum absolute atomic E-state index is 12.6. The summed E-state index contributed by atoms with van der Waals surface area (Å²) in [5, 5.41) is 3.03. The number of nitrogens with one attached hydrogen (secondary N) is 1. The van der Waals surface area contributed by atoms with E-state index in [0.717, 1.165) is 36.5 Å². The van der Waals surface area contributed by atoms with Gasteiger partial charge < -0.3 is 15.0 Å². The van der Waals surface area contributed by atoms with Crippen LogP contribution in [0.4, 0.5) is 5.95 Å². The van der Waals surface area contributed by atoms with Gasteiger partial charge in [0.15, 0.2) is 0 Å². The zero-order valence-corrected chi connectivity index (χ0v) is 15.4. The molecule has 0 bridgehead atoms. The number of carbonyl (C=O) groups excluding carboxylic acids is 1. The molecule has 6 heteroatoms.